The fourth-order valence-electron chi connectivity index (χ4n) is 5.23. The van der Waals surface area contributed by atoms with Crippen molar-refractivity contribution in [2.75, 3.05) is 26.4 Å². The van der Waals surface area contributed by atoms with Gasteiger partial charge in [-0.2, -0.15) is 0 Å². The zero-order chi connectivity index (χ0) is 18.4. The lowest BCUT2D eigenvalue weighted by Crippen LogP contribution is -2.66. The lowest BCUT2D eigenvalue weighted by atomic mass is 9.72. The Labute approximate surface area is 158 Å². The molecule has 144 valence electrons. The van der Waals surface area contributed by atoms with E-state index < -0.39 is 0 Å². The van der Waals surface area contributed by atoms with Crippen molar-refractivity contribution in [1.82, 2.24) is 15.5 Å². The normalized spacial score (nSPS) is 31.4. The van der Waals surface area contributed by atoms with Crippen LogP contribution in [0.3, 0.4) is 0 Å². The van der Waals surface area contributed by atoms with Gasteiger partial charge in [0.2, 0.25) is 12.7 Å². The largest absolute Gasteiger partial charge is 0.454 e. The van der Waals surface area contributed by atoms with Crippen molar-refractivity contribution >= 4 is 11.8 Å². The van der Waals surface area contributed by atoms with Crippen molar-refractivity contribution < 1.29 is 19.1 Å². The molecule has 0 saturated carbocycles. The second-order valence-electron chi connectivity index (χ2n) is 8.02. The number of carbonyl (C=O) groups excluding carboxylic acids is 2. The number of ether oxygens (including phenoxy) is 2. The van der Waals surface area contributed by atoms with Gasteiger partial charge in [-0.05, 0) is 55.8 Å². The maximum atomic E-state index is 12.7. The third-order valence-corrected chi connectivity index (χ3v) is 6.51. The minimum Gasteiger partial charge on any atom is -0.454 e. The zero-order valence-corrected chi connectivity index (χ0v) is 15.3. The van der Waals surface area contributed by atoms with Gasteiger partial charge in [-0.25, -0.2) is 0 Å². The molecular formula is C20H25N3O4. The van der Waals surface area contributed by atoms with Crippen LogP contribution in [0.4, 0.5) is 0 Å². The Hall–Kier alpha value is -2.28. The number of hydrogen-bond donors (Lipinski definition) is 2. The average molecular weight is 371 g/mol. The quantitative estimate of drug-likeness (QED) is 0.833. The average Bonchev–Trinajstić information content (AvgIpc) is 3.16. The van der Waals surface area contributed by atoms with Crippen molar-refractivity contribution in [1.29, 1.82) is 0 Å². The molecule has 0 unspecified atom stereocenters. The summed E-state index contributed by atoms with van der Waals surface area (Å²) >= 11 is 0. The van der Waals surface area contributed by atoms with Gasteiger partial charge >= 0.3 is 0 Å². The molecule has 4 aliphatic heterocycles. The highest BCUT2D eigenvalue weighted by molar-refractivity contribution is 5.95. The van der Waals surface area contributed by atoms with Crippen LogP contribution < -0.4 is 20.1 Å². The van der Waals surface area contributed by atoms with Gasteiger partial charge < -0.3 is 25.0 Å². The number of nitrogens with one attached hydrogen (secondary N) is 2. The fraction of sp³-hybridized carbons (Fsp3) is 0.600. The summed E-state index contributed by atoms with van der Waals surface area (Å²) in [6.07, 6.45) is 3.84. The van der Waals surface area contributed by atoms with Crippen LogP contribution in [0.15, 0.2) is 18.2 Å². The van der Waals surface area contributed by atoms with Crippen molar-refractivity contribution in [3.05, 3.63) is 23.8 Å². The molecule has 2 N–H and O–H groups in total. The van der Waals surface area contributed by atoms with E-state index in [0.717, 1.165) is 32.4 Å². The zero-order valence-electron chi connectivity index (χ0n) is 15.3. The predicted molar refractivity (Wildman–Crippen MR) is 97.6 cm³/mol. The highest BCUT2D eigenvalue weighted by Crippen LogP contribution is 2.39. The molecule has 4 aliphatic rings. The second kappa shape index (κ2) is 6.71. The number of rotatable bonds is 3. The van der Waals surface area contributed by atoms with Gasteiger partial charge in [0.05, 0.1) is 6.04 Å². The highest BCUT2D eigenvalue weighted by atomic mass is 16.7. The predicted octanol–water partition coefficient (Wildman–Crippen LogP) is 1.13. The van der Waals surface area contributed by atoms with Crippen LogP contribution in [0.25, 0.3) is 0 Å². The Morgan fingerprint density at radius 3 is 3.00 bits per heavy atom. The van der Waals surface area contributed by atoms with Gasteiger partial charge in [0.1, 0.15) is 0 Å². The van der Waals surface area contributed by atoms with Crippen LogP contribution in [-0.2, 0) is 4.79 Å². The topological polar surface area (TPSA) is 79.9 Å². The summed E-state index contributed by atoms with van der Waals surface area (Å²) in [5, 5.41) is 6.59. The van der Waals surface area contributed by atoms with Gasteiger partial charge in [0, 0.05) is 31.1 Å². The molecule has 2 bridgehead atoms. The van der Waals surface area contributed by atoms with E-state index in [1.165, 1.54) is 0 Å². The maximum absolute atomic E-state index is 12.7. The van der Waals surface area contributed by atoms with E-state index in [0.29, 0.717) is 47.9 Å². The number of nitrogens with zero attached hydrogens (tertiary/aromatic N) is 1. The number of hydrogen-bond acceptors (Lipinski definition) is 5. The van der Waals surface area contributed by atoms with Gasteiger partial charge in [0.25, 0.3) is 5.91 Å². The van der Waals surface area contributed by atoms with Crippen LogP contribution in [0, 0.1) is 11.8 Å². The molecule has 0 radical (unpaired) electrons. The molecule has 3 fully saturated rings. The van der Waals surface area contributed by atoms with Crippen LogP contribution in [0.5, 0.6) is 11.5 Å². The number of carbonyl (C=O) groups is 2. The summed E-state index contributed by atoms with van der Waals surface area (Å²) in [6.45, 7) is 2.60. The van der Waals surface area contributed by atoms with Crippen molar-refractivity contribution in [3.63, 3.8) is 0 Å². The molecule has 5 rings (SSSR count). The summed E-state index contributed by atoms with van der Waals surface area (Å²) in [4.78, 5) is 27.5. The van der Waals surface area contributed by atoms with E-state index in [-0.39, 0.29) is 24.6 Å². The van der Waals surface area contributed by atoms with E-state index >= 15 is 0 Å². The fourth-order valence-corrected chi connectivity index (χ4v) is 5.23. The Morgan fingerprint density at radius 2 is 2.07 bits per heavy atom. The molecule has 0 spiro atoms. The second-order valence-corrected chi connectivity index (χ2v) is 8.02. The van der Waals surface area contributed by atoms with E-state index in [1.54, 1.807) is 18.2 Å². The number of piperidine rings is 3. The Morgan fingerprint density at radius 1 is 1.22 bits per heavy atom. The third-order valence-electron chi connectivity index (χ3n) is 6.51. The molecule has 7 heteroatoms. The van der Waals surface area contributed by atoms with E-state index in [9.17, 15) is 9.59 Å². The van der Waals surface area contributed by atoms with Crippen LogP contribution >= 0.6 is 0 Å². The lowest BCUT2D eigenvalue weighted by Gasteiger charge is -2.54. The van der Waals surface area contributed by atoms with Crippen molar-refractivity contribution in [3.8, 4) is 11.5 Å². The highest BCUT2D eigenvalue weighted by Gasteiger charge is 2.47. The number of benzene rings is 1. The molecule has 2 amide bonds. The Bertz CT molecular complexity index is 768. The molecule has 0 aromatic heterocycles. The Balaban J connectivity index is 1.31. The van der Waals surface area contributed by atoms with E-state index in [2.05, 4.69) is 15.5 Å². The van der Waals surface area contributed by atoms with E-state index in [4.69, 9.17) is 9.47 Å². The monoisotopic (exact) mass is 371 g/mol. The van der Waals surface area contributed by atoms with Gasteiger partial charge in [0.15, 0.2) is 11.5 Å². The van der Waals surface area contributed by atoms with Gasteiger partial charge in [-0.15, -0.1) is 0 Å². The van der Waals surface area contributed by atoms with Gasteiger partial charge in [-0.3, -0.25) is 9.59 Å². The smallest absolute Gasteiger partial charge is 0.251 e. The summed E-state index contributed by atoms with van der Waals surface area (Å²) in [6, 6.07) is 5.62. The van der Waals surface area contributed by atoms with Crippen LogP contribution in [-0.4, -0.2) is 55.2 Å². The molecule has 0 aliphatic carbocycles. The minimum atomic E-state index is -0.139. The maximum Gasteiger partial charge on any atom is 0.251 e. The molecule has 1 aromatic carbocycles. The number of fused-ring (bicyclic) bond motifs is 5. The van der Waals surface area contributed by atoms with Crippen molar-refractivity contribution in [2.24, 2.45) is 11.8 Å². The lowest BCUT2D eigenvalue weighted by molar-refractivity contribution is -0.148. The minimum absolute atomic E-state index is 0.0739. The molecule has 4 heterocycles. The van der Waals surface area contributed by atoms with Gasteiger partial charge in [-0.1, -0.05) is 0 Å². The summed E-state index contributed by atoms with van der Waals surface area (Å²) < 4.78 is 10.7. The summed E-state index contributed by atoms with van der Waals surface area (Å²) in [5.41, 5.74) is 0.552. The number of amides is 2. The first-order valence-electron chi connectivity index (χ1n) is 9.90. The SMILES string of the molecule is O=C(NC[C@H]1[C@@H]2CNC[C@@H](C2)[C@@H]2CCCC(=O)N21)c1ccc2c(c1)OCO2. The van der Waals surface area contributed by atoms with E-state index in [1.807, 2.05) is 0 Å². The molecule has 4 atom stereocenters. The first-order valence-corrected chi connectivity index (χ1v) is 9.90. The molecule has 1 aromatic rings. The standard InChI is InChI=1S/C20H25N3O4/c24-19-3-1-2-15-13-6-14(9-21-8-13)16(23(15)19)10-22-20(25)12-4-5-17-18(7-12)27-11-26-17/h4-5,7,13-16,21H,1-3,6,8-11H2,(H,22,25)/t13-,14+,15+,16+/m1/s1. The molecule has 3 saturated heterocycles. The summed E-state index contributed by atoms with van der Waals surface area (Å²) in [7, 11) is 0. The molecule has 27 heavy (non-hydrogen) atoms. The Kier molecular flexibility index (Phi) is 4.19. The van der Waals surface area contributed by atoms with Crippen molar-refractivity contribution in [2.45, 2.75) is 37.8 Å². The first kappa shape index (κ1) is 16.9. The van der Waals surface area contributed by atoms with Crippen LogP contribution in [0.2, 0.25) is 0 Å². The van der Waals surface area contributed by atoms with Crippen LogP contribution in [0.1, 0.15) is 36.0 Å². The third kappa shape index (κ3) is 2.94. The summed E-state index contributed by atoms with van der Waals surface area (Å²) in [5.74, 6) is 2.34. The first-order chi connectivity index (χ1) is 13.2. The molecule has 7 nitrogen and oxygen atoms in total. The molecular weight excluding hydrogens is 346 g/mol.